The van der Waals surface area contributed by atoms with E-state index < -0.39 is 0 Å². The monoisotopic (exact) mass is 323 g/mol. The van der Waals surface area contributed by atoms with Crippen molar-refractivity contribution in [1.82, 2.24) is 16.0 Å². The molecule has 0 unspecified atom stereocenters. The largest absolute Gasteiger partial charge is 0.317 e. The predicted octanol–water partition coefficient (Wildman–Crippen LogP) is 2.62. The molecule has 0 aromatic rings. The molecule has 6 heteroatoms. The first-order chi connectivity index (χ1) is 7.41. The molecule has 0 heterocycles. The van der Waals surface area contributed by atoms with Crippen molar-refractivity contribution >= 4 is 37.2 Å². The third kappa shape index (κ3) is 25.6. The number of halogens is 3. The van der Waals surface area contributed by atoms with E-state index in [1.54, 1.807) is 0 Å². The van der Waals surface area contributed by atoms with Crippen LogP contribution in [0.4, 0.5) is 0 Å². The first-order valence-electron chi connectivity index (χ1n) is 6.54. The van der Waals surface area contributed by atoms with Crippen molar-refractivity contribution in [1.29, 1.82) is 0 Å². The summed E-state index contributed by atoms with van der Waals surface area (Å²) in [5.74, 6) is 0. The summed E-state index contributed by atoms with van der Waals surface area (Å²) in [5.41, 5.74) is 0. The molecule has 0 atom stereocenters. The smallest absolute Gasteiger partial charge is 0.00368 e. The minimum absolute atomic E-state index is 0. The number of rotatable bonds is 12. The molecule has 0 amide bonds. The second-order valence-electron chi connectivity index (χ2n) is 3.96. The summed E-state index contributed by atoms with van der Waals surface area (Å²) in [6, 6.07) is 0. The fourth-order valence-electron chi connectivity index (χ4n) is 1.41. The van der Waals surface area contributed by atoms with Crippen LogP contribution in [0.2, 0.25) is 0 Å². The van der Waals surface area contributed by atoms with Crippen molar-refractivity contribution in [2.45, 2.75) is 39.5 Å². The molecule has 3 nitrogen and oxygen atoms in total. The van der Waals surface area contributed by atoms with Gasteiger partial charge in [0.2, 0.25) is 0 Å². The molecule has 0 bridgehead atoms. The van der Waals surface area contributed by atoms with Gasteiger partial charge in [0.1, 0.15) is 0 Å². The Morgan fingerprint density at radius 2 is 0.778 bits per heavy atom. The lowest BCUT2D eigenvalue weighted by Gasteiger charge is -2.06. The molecule has 0 spiro atoms. The van der Waals surface area contributed by atoms with Crippen LogP contribution in [0, 0.1) is 0 Å². The molecule has 0 aromatic carbocycles. The summed E-state index contributed by atoms with van der Waals surface area (Å²) in [4.78, 5) is 0. The summed E-state index contributed by atoms with van der Waals surface area (Å²) in [6.07, 6.45) is 4.94. The third-order valence-electron chi connectivity index (χ3n) is 2.27. The highest BCUT2D eigenvalue weighted by molar-refractivity contribution is 5.86. The van der Waals surface area contributed by atoms with Crippen molar-refractivity contribution in [3.8, 4) is 0 Å². The van der Waals surface area contributed by atoms with Gasteiger partial charge >= 0.3 is 0 Å². The lowest BCUT2D eigenvalue weighted by molar-refractivity contribution is 0.563. The van der Waals surface area contributed by atoms with Crippen LogP contribution in [0.3, 0.4) is 0 Å². The van der Waals surface area contributed by atoms with E-state index >= 15 is 0 Å². The van der Waals surface area contributed by atoms with Gasteiger partial charge in [0.05, 0.1) is 0 Å². The topological polar surface area (TPSA) is 36.1 Å². The highest BCUT2D eigenvalue weighted by Crippen LogP contribution is 1.78. The average Bonchev–Trinajstić information content (AvgIpc) is 2.26. The average molecular weight is 325 g/mol. The normalized spacial score (nSPS) is 9.00. The van der Waals surface area contributed by atoms with Crippen molar-refractivity contribution in [3.63, 3.8) is 0 Å². The molecular weight excluding hydrogens is 293 g/mol. The van der Waals surface area contributed by atoms with Gasteiger partial charge in [-0.1, -0.05) is 13.8 Å². The number of hydrogen-bond donors (Lipinski definition) is 3. The zero-order valence-corrected chi connectivity index (χ0v) is 14.2. The Morgan fingerprint density at radius 1 is 0.500 bits per heavy atom. The van der Waals surface area contributed by atoms with Gasteiger partial charge in [0.15, 0.2) is 0 Å². The number of hydrogen-bond acceptors (Lipinski definition) is 3. The molecule has 116 valence electrons. The van der Waals surface area contributed by atoms with Gasteiger partial charge in [0.25, 0.3) is 0 Å². The highest BCUT2D eigenvalue weighted by atomic mass is 35.5. The van der Waals surface area contributed by atoms with Crippen LogP contribution < -0.4 is 16.0 Å². The summed E-state index contributed by atoms with van der Waals surface area (Å²) in [5, 5.41) is 10.3. The van der Waals surface area contributed by atoms with Crippen LogP contribution in [-0.4, -0.2) is 39.3 Å². The maximum Gasteiger partial charge on any atom is -0.00368 e. The Hall–Kier alpha value is 0.750. The van der Waals surface area contributed by atoms with Crippen LogP contribution in [-0.2, 0) is 0 Å². The van der Waals surface area contributed by atoms with E-state index in [-0.39, 0.29) is 37.2 Å². The Balaban J connectivity index is -0.000000327. The van der Waals surface area contributed by atoms with Crippen LogP contribution in [0.15, 0.2) is 0 Å². The Labute approximate surface area is 132 Å². The molecule has 0 aliphatic carbocycles. The predicted molar refractivity (Wildman–Crippen MR) is 90.2 cm³/mol. The quantitative estimate of drug-likeness (QED) is 0.483. The summed E-state index contributed by atoms with van der Waals surface area (Å²) in [6.45, 7) is 11.3. The Morgan fingerprint density at radius 3 is 1.06 bits per heavy atom. The van der Waals surface area contributed by atoms with E-state index in [2.05, 4.69) is 29.8 Å². The molecular formula is C12H32Cl3N3. The molecule has 0 rings (SSSR count). The summed E-state index contributed by atoms with van der Waals surface area (Å²) >= 11 is 0. The van der Waals surface area contributed by atoms with Gasteiger partial charge in [-0.15, -0.1) is 37.2 Å². The first kappa shape index (κ1) is 27.2. The van der Waals surface area contributed by atoms with E-state index in [1.165, 1.54) is 25.7 Å². The van der Waals surface area contributed by atoms with Crippen molar-refractivity contribution in [3.05, 3.63) is 0 Å². The van der Waals surface area contributed by atoms with Crippen molar-refractivity contribution in [2.75, 3.05) is 39.3 Å². The fraction of sp³-hybridized carbons (Fsp3) is 1.00. The SMILES string of the molecule is CCCNCCCNCCCNCCC.Cl.Cl.Cl. The molecule has 0 aliphatic heterocycles. The second kappa shape index (κ2) is 26.3. The molecule has 0 fully saturated rings. The van der Waals surface area contributed by atoms with Gasteiger partial charge < -0.3 is 16.0 Å². The molecule has 18 heavy (non-hydrogen) atoms. The van der Waals surface area contributed by atoms with Crippen LogP contribution in [0.1, 0.15) is 39.5 Å². The lowest BCUT2D eigenvalue weighted by atomic mass is 10.3. The highest BCUT2D eigenvalue weighted by Gasteiger charge is 1.89. The van der Waals surface area contributed by atoms with Gasteiger partial charge in [-0.2, -0.15) is 0 Å². The Kier molecular flexibility index (Phi) is 39.7. The molecule has 0 saturated carbocycles. The van der Waals surface area contributed by atoms with Crippen molar-refractivity contribution < 1.29 is 0 Å². The zero-order chi connectivity index (χ0) is 11.2. The standard InChI is InChI=1S/C12H29N3.3ClH/c1-3-7-13-9-5-11-15-12-6-10-14-8-4-2;;;/h13-15H,3-12H2,1-2H3;3*1H. The van der Waals surface area contributed by atoms with Crippen LogP contribution in [0.5, 0.6) is 0 Å². The second-order valence-corrected chi connectivity index (χ2v) is 3.96. The third-order valence-corrected chi connectivity index (χ3v) is 2.27. The molecule has 0 radical (unpaired) electrons. The first-order valence-corrected chi connectivity index (χ1v) is 6.54. The van der Waals surface area contributed by atoms with Crippen LogP contribution in [0.25, 0.3) is 0 Å². The summed E-state index contributed by atoms with van der Waals surface area (Å²) in [7, 11) is 0. The maximum absolute atomic E-state index is 3.46. The van der Waals surface area contributed by atoms with Crippen molar-refractivity contribution in [2.24, 2.45) is 0 Å². The molecule has 3 N–H and O–H groups in total. The molecule has 0 saturated heterocycles. The molecule has 0 aliphatic rings. The summed E-state index contributed by atoms with van der Waals surface area (Å²) < 4.78 is 0. The number of nitrogens with one attached hydrogen (secondary N) is 3. The zero-order valence-electron chi connectivity index (χ0n) is 11.8. The fourth-order valence-corrected chi connectivity index (χ4v) is 1.41. The van der Waals surface area contributed by atoms with E-state index in [9.17, 15) is 0 Å². The Bertz CT molecular complexity index is 107. The lowest BCUT2D eigenvalue weighted by Crippen LogP contribution is -2.25. The molecule has 0 aromatic heterocycles. The van der Waals surface area contributed by atoms with E-state index in [0.29, 0.717) is 0 Å². The van der Waals surface area contributed by atoms with E-state index in [1.807, 2.05) is 0 Å². The van der Waals surface area contributed by atoms with E-state index in [4.69, 9.17) is 0 Å². The van der Waals surface area contributed by atoms with Gasteiger partial charge in [-0.05, 0) is 65.0 Å². The van der Waals surface area contributed by atoms with Gasteiger partial charge in [-0.3, -0.25) is 0 Å². The van der Waals surface area contributed by atoms with Crippen LogP contribution >= 0.6 is 37.2 Å². The van der Waals surface area contributed by atoms with Gasteiger partial charge in [0, 0.05) is 0 Å². The van der Waals surface area contributed by atoms with Gasteiger partial charge in [-0.25, -0.2) is 0 Å². The maximum atomic E-state index is 3.46. The minimum atomic E-state index is 0. The minimum Gasteiger partial charge on any atom is -0.317 e. The van der Waals surface area contributed by atoms with E-state index in [0.717, 1.165) is 39.3 Å².